The second-order valence-electron chi connectivity index (χ2n) is 6.09. The standard InChI is InChI=1S/C13H24N4O2S/c1-13(2,9-17(3)4)8-16-11-5-10(14)6-12(7-11)20(15,18)19/h5-7,16H,8-9,14H2,1-4H3,(H2,15,18,19). The first-order valence-electron chi connectivity index (χ1n) is 6.32. The number of nitrogens with zero attached hydrogens (tertiary/aromatic N) is 1. The van der Waals surface area contributed by atoms with Crippen LogP contribution in [0.15, 0.2) is 23.1 Å². The molecule has 0 saturated heterocycles. The molecule has 1 aromatic rings. The molecule has 1 aromatic carbocycles. The third kappa shape index (κ3) is 5.36. The van der Waals surface area contributed by atoms with Gasteiger partial charge in [-0.2, -0.15) is 0 Å². The van der Waals surface area contributed by atoms with Gasteiger partial charge in [-0.1, -0.05) is 13.8 Å². The summed E-state index contributed by atoms with van der Waals surface area (Å²) < 4.78 is 22.7. The molecule has 1 rings (SSSR count). The van der Waals surface area contributed by atoms with Crippen LogP contribution in [0.5, 0.6) is 0 Å². The van der Waals surface area contributed by atoms with Crippen molar-refractivity contribution in [3.63, 3.8) is 0 Å². The molecule has 0 amide bonds. The molecular weight excluding hydrogens is 276 g/mol. The molecule has 0 heterocycles. The van der Waals surface area contributed by atoms with Gasteiger partial charge in [-0.25, -0.2) is 13.6 Å². The highest BCUT2D eigenvalue weighted by Gasteiger charge is 2.19. The number of benzene rings is 1. The van der Waals surface area contributed by atoms with Gasteiger partial charge in [0.2, 0.25) is 10.0 Å². The summed E-state index contributed by atoms with van der Waals surface area (Å²) in [5.74, 6) is 0. The van der Waals surface area contributed by atoms with Crippen molar-refractivity contribution in [1.82, 2.24) is 4.90 Å². The molecule has 0 atom stereocenters. The Labute approximate surface area is 121 Å². The molecule has 0 radical (unpaired) electrons. The number of rotatable bonds is 6. The Morgan fingerprint density at radius 2 is 1.85 bits per heavy atom. The van der Waals surface area contributed by atoms with E-state index in [0.717, 1.165) is 6.54 Å². The zero-order chi connectivity index (χ0) is 15.6. The van der Waals surface area contributed by atoms with Crippen LogP contribution in [-0.2, 0) is 10.0 Å². The molecule has 0 bridgehead atoms. The van der Waals surface area contributed by atoms with E-state index in [1.807, 2.05) is 14.1 Å². The van der Waals surface area contributed by atoms with Crippen LogP contribution in [0.3, 0.4) is 0 Å². The average Bonchev–Trinajstić information content (AvgIpc) is 2.23. The SMILES string of the molecule is CN(C)CC(C)(C)CNc1cc(N)cc(S(N)(=O)=O)c1. The highest BCUT2D eigenvalue weighted by molar-refractivity contribution is 7.89. The number of primary sulfonamides is 1. The summed E-state index contributed by atoms with van der Waals surface area (Å²) >= 11 is 0. The fraction of sp³-hybridized carbons (Fsp3) is 0.538. The van der Waals surface area contributed by atoms with Gasteiger partial charge in [0.15, 0.2) is 0 Å². The van der Waals surface area contributed by atoms with E-state index >= 15 is 0 Å². The molecule has 0 aliphatic rings. The van der Waals surface area contributed by atoms with E-state index < -0.39 is 10.0 Å². The Bertz CT molecular complexity index is 568. The number of nitrogens with one attached hydrogen (secondary N) is 1. The highest BCUT2D eigenvalue weighted by atomic mass is 32.2. The number of anilines is 2. The van der Waals surface area contributed by atoms with Gasteiger partial charge in [0.1, 0.15) is 0 Å². The van der Waals surface area contributed by atoms with Crippen LogP contribution in [0.4, 0.5) is 11.4 Å². The Morgan fingerprint density at radius 1 is 1.25 bits per heavy atom. The molecule has 0 aliphatic heterocycles. The van der Waals surface area contributed by atoms with Crippen LogP contribution in [-0.4, -0.2) is 40.5 Å². The number of nitrogens with two attached hydrogens (primary N) is 2. The molecule has 6 nitrogen and oxygen atoms in total. The molecule has 114 valence electrons. The number of hydrogen-bond acceptors (Lipinski definition) is 5. The first-order valence-corrected chi connectivity index (χ1v) is 7.86. The third-order valence-corrected chi connectivity index (χ3v) is 3.67. The predicted molar refractivity (Wildman–Crippen MR) is 83.1 cm³/mol. The summed E-state index contributed by atoms with van der Waals surface area (Å²) in [6, 6.07) is 4.54. The monoisotopic (exact) mass is 300 g/mol. The van der Waals surface area contributed by atoms with Crippen LogP contribution in [0.1, 0.15) is 13.8 Å². The van der Waals surface area contributed by atoms with Gasteiger partial charge < -0.3 is 16.0 Å². The molecule has 0 saturated carbocycles. The maximum Gasteiger partial charge on any atom is 0.238 e. The fourth-order valence-electron chi connectivity index (χ4n) is 2.14. The molecule has 0 aliphatic carbocycles. The Hall–Kier alpha value is -1.31. The number of nitrogen functional groups attached to an aromatic ring is 1. The molecule has 0 fully saturated rings. The van der Waals surface area contributed by atoms with Crippen LogP contribution in [0.25, 0.3) is 0 Å². The minimum absolute atomic E-state index is 0.0189. The van der Waals surface area contributed by atoms with E-state index in [1.165, 1.54) is 12.1 Å². The van der Waals surface area contributed by atoms with Crippen LogP contribution >= 0.6 is 0 Å². The number of sulfonamides is 1. The molecule has 7 heteroatoms. The van der Waals surface area contributed by atoms with Gasteiger partial charge in [0.25, 0.3) is 0 Å². The maximum atomic E-state index is 11.4. The lowest BCUT2D eigenvalue weighted by Gasteiger charge is -2.29. The van der Waals surface area contributed by atoms with E-state index in [-0.39, 0.29) is 10.3 Å². The van der Waals surface area contributed by atoms with Crippen LogP contribution in [0, 0.1) is 5.41 Å². The summed E-state index contributed by atoms with van der Waals surface area (Å²) in [6.07, 6.45) is 0. The van der Waals surface area contributed by atoms with Gasteiger partial charge >= 0.3 is 0 Å². The van der Waals surface area contributed by atoms with Gasteiger partial charge in [-0.05, 0) is 37.7 Å². The summed E-state index contributed by atoms with van der Waals surface area (Å²) in [5, 5.41) is 8.34. The van der Waals surface area contributed by atoms with Crippen molar-refractivity contribution in [3.8, 4) is 0 Å². The largest absolute Gasteiger partial charge is 0.399 e. The maximum absolute atomic E-state index is 11.4. The average molecular weight is 300 g/mol. The topological polar surface area (TPSA) is 101 Å². The zero-order valence-corrected chi connectivity index (χ0v) is 13.3. The van der Waals surface area contributed by atoms with Crippen molar-refractivity contribution < 1.29 is 8.42 Å². The van der Waals surface area contributed by atoms with Crippen LogP contribution < -0.4 is 16.2 Å². The Balaban J connectivity index is 2.86. The Morgan fingerprint density at radius 3 is 2.35 bits per heavy atom. The second-order valence-corrected chi connectivity index (χ2v) is 7.65. The zero-order valence-electron chi connectivity index (χ0n) is 12.5. The van der Waals surface area contributed by atoms with Gasteiger partial charge in [0.05, 0.1) is 4.90 Å². The lowest BCUT2D eigenvalue weighted by atomic mass is 9.93. The van der Waals surface area contributed by atoms with E-state index in [1.54, 1.807) is 6.07 Å². The third-order valence-electron chi connectivity index (χ3n) is 2.77. The molecule has 20 heavy (non-hydrogen) atoms. The normalized spacial score (nSPS) is 12.7. The van der Waals surface area contributed by atoms with Crippen molar-refractivity contribution >= 4 is 21.4 Å². The summed E-state index contributed by atoms with van der Waals surface area (Å²) in [6.45, 7) is 5.86. The predicted octanol–water partition coefficient (Wildman–Crippen LogP) is 0.916. The lowest BCUT2D eigenvalue weighted by molar-refractivity contribution is 0.254. The van der Waals surface area contributed by atoms with E-state index in [0.29, 0.717) is 17.9 Å². The van der Waals surface area contributed by atoms with Crippen molar-refractivity contribution in [2.75, 3.05) is 38.2 Å². The minimum Gasteiger partial charge on any atom is -0.399 e. The highest BCUT2D eigenvalue weighted by Crippen LogP contribution is 2.22. The van der Waals surface area contributed by atoms with Crippen molar-refractivity contribution in [2.24, 2.45) is 10.6 Å². The molecule has 0 aromatic heterocycles. The quantitative estimate of drug-likeness (QED) is 0.678. The molecule has 0 spiro atoms. The summed E-state index contributed by atoms with van der Waals surface area (Å²) in [7, 11) is 0.282. The molecular formula is C13H24N4O2S. The smallest absolute Gasteiger partial charge is 0.238 e. The van der Waals surface area contributed by atoms with Gasteiger partial charge in [0, 0.05) is 24.5 Å². The van der Waals surface area contributed by atoms with Gasteiger partial charge in [-0.3, -0.25) is 0 Å². The number of hydrogen-bond donors (Lipinski definition) is 3. The fourth-order valence-corrected chi connectivity index (χ4v) is 2.73. The van der Waals surface area contributed by atoms with Crippen molar-refractivity contribution in [1.29, 1.82) is 0 Å². The van der Waals surface area contributed by atoms with Crippen LogP contribution in [0.2, 0.25) is 0 Å². The van der Waals surface area contributed by atoms with E-state index in [2.05, 4.69) is 24.1 Å². The van der Waals surface area contributed by atoms with E-state index in [9.17, 15) is 8.42 Å². The minimum atomic E-state index is -3.75. The molecule has 0 unspecified atom stereocenters. The first kappa shape index (κ1) is 16.7. The first-order chi connectivity index (χ1) is 8.99. The summed E-state index contributed by atoms with van der Waals surface area (Å²) in [5.41, 5.74) is 6.76. The Kier molecular flexibility index (Phi) is 5.01. The van der Waals surface area contributed by atoms with Crippen molar-refractivity contribution in [2.45, 2.75) is 18.7 Å². The van der Waals surface area contributed by atoms with Crippen molar-refractivity contribution in [3.05, 3.63) is 18.2 Å². The second kappa shape index (κ2) is 5.99. The lowest BCUT2D eigenvalue weighted by Crippen LogP contribution is -2.34. The van der Waals surface area contributed by atoms with E-state index in [4.69, 9.17) is 10.9 Å². The van der Waals surface area contributed by atoms with Gasteiger partial charge in [-0.15, -0.1) is 0 Å². The summed E-state index contributed by atoms with van der Waals surface area (Å²) in [4.78, 5) is 2.13. The molecule has 5 N–H and O–H groups in total.